The van der Waals surface area contributed by atoms with Gasteiger partial charge in [0.2, 0.25) is 0 Å². The molecule has 7 nitrogen and oxygen atoms in total. The monoisotopic (exact) mass is 364 g/mol. The van der Waals surface area contributed by atoms with Gasteiger partial charge in [0, 0.05) is 23.1 Å². The molecule has 0 bridgehead atoms. The van der Waals surface area contributed by atoms with E-state index in [2.05, 4.69) is 15.3 Å². The van der Waals surface area contributed by atoms with E-state index in [0.717, 1.165) is 48.1 Å². The predicted molar refractivity (Wildman–Crippen MR) is 102 cm³/mol. The van der Waals surface area contributed by atoms with Crippen molar-refractivity contribution in [3.63, 3.8) is 0 Å². The summed E-state index contributed by atoms with van der Waals surface area (Å²) in [6, 6.07) is 12.6. The van der Waals surface area contributed by atoms with E-state index in [-0.39, 0.29) is 11.7 Å². The topological polar surface area (TPSA) is 110 Å². The number of primary amides is 1. The number of fused-ring (bicyclic) bond motifs is 1. The summed E-state index contributed by atoms with van der Waals surface area (Å²) in [7, 11) is 0. The van der Waals surface area contributed by atoms with E-state index in [1.807, 2.05) is 24.3 Å². The van der Waals surface area contributed by atoms with Gasteiger partial charge in [-0.3, -0.25) is 4.79 Å². The Morgan fingerprint density at radius 3 is 2.52 bits per heavy atom. The Balaban J connectivity index is 1.56. The summed E-state index contributed by atoms with van der Waals surface area (Å²) in [4.78, 5) is 31.2. The van der Waals surface area contributed by atoms with Gasteiger partial charge in [0.05, 0.1) is 11.0 Å². The first kappa shape index (κ1) is 17.2. The molecular weight excluding hydrogens is 344 g/mol. The number of hydrogen-bond acceptors (Lipinski definition) is 5. The average Bonchev–Trinajstić information content (AvgIpc) is 3.11. The smallest absolute Gasteiger partial charge is 0.409 e. The van der Waals surface area contributed by atoms with Crippen LogP contribution in [0, 0.1) is 5.92 Å². The Bertz CT molecular complexity index is 988. The van der Waals surface area contributed by atoms with Crippen LogP contribution in [-0.2, 0) is 0 Å². The molecule has 1 fully saturated rings. The number of aromatic amines is 1. The first-order chi connectivity index (χ1) is 13.1. The minimum atomic E-state index is -0.858. The normalized spacial score (nSPS) is 15.0. The number of nitrogens with one attached hydrogen (secondary N) is 2. The Morgan fingerprint density at radius 2 is 1.81 bits per heavy atom. The summed E-state index contributed by atoms with van der Waals surface area (Å²) in [5.41, 5.74) is 8.14. The Hall–Kier alpha value is -3.19. The molecule has 138 valence electrons. The molecule has 1 aromatic heterocycles. The third-order valence-electron chi connectivity index (χ3n) is 4.82. The molecule has 3 aromatic rings. The Labute approximate surface area is 155 Å². The number of hydrogen-bond donors (Lipinski definition) is 3. The van der Waals surface area contributed by atoms with Gasteiger partial charge in [-0.1, -0.05) is 24.3 Å². The lowest BCUT2D eigenvalue weighted by molar-refractivity contribution is 0.0895. The van der Waals surface area contributed by atoms with Crippen LogP contribution < -0.4 is 15.8 Å². The average molecular weight is 364 g/mol. The van der Waals surface area contributed by atoms with Gasteiger partial charge in [-0.05, 0) is 38.1 Å². The summed E-state index contributed by atoms with van der Waals surface area (Å²) < 4.78 is 4.89. The molecule has 0 saturated carbocycles. The lowest BCUT2D eigenvalue weighted by Crippen LogP contribution is -2.31. The third kappa shape index (κ3) is 3.68. The van der Waals surface area contributed by atoms with Crippen LogP contribution in [0.15, 0.2) is 42.5 Å². The van der Waals surface area contributed by atoms with Crippen LogP contribution in [0.25, 0.3) is 22.4 Å². The van der Waals surface area contributed by atoms with E-state index in [1.165, 1.54) is 0 Å². The number of nitrogens with zero attached hydrogens (tertiary/aromatic N) is 1. The van der Waals surface area contributed by atoms with E-state index in [4.69, 9.17) is 10.5 Å². The number of carbonyl (C=O) groups is 2. The number of Topliss-reactive ketones (excluding diaryl/α,β-unsaturated/α-hetero) is 1. The fourth-order valence-corrected chi connectivity index (χ4v) is 3.42. The maximum atomic E-state index is 12.6. The second-order valence-corrected chi connectivity index (χ2v) is 6.65. The number of amides is 1. The minimum Gasteiger partial charge on any atom is -0.410 e. The molecule has 4 rings (SSSR count). The fourth-order valence-electron chi connectivity index (χ4n) is 3.42. The van der Waals surface area contributed by atoms with E-state index in [1.54, 1.807) is 18.2 Å². The number of imidazole rings is 1. The molecule has 0 spiro atoms. The van der Waals surface area contributed by atoms with Gasteiger partial charge in [0.15, 0.2) is 5.78 Å². The molecule has 2 aromatic carbocycles. The van der Waals surface area contributed by atoms with Crippen molar-refractivity contribution in [1.29, 1.82) is 0 Å². The van der Waals surface area contributed by atoms with Gasteiger partial charge in [-0.25, -0.2) is 9.78 Å². The van der Waals surface area contributed by atoms with Crippen molar-refractivity contribution in [3.05, 3.63) is 48.0 Å². The molecule has 0 unspecified atom stereocenters. The van der Waals surface area contributed by atoms with Gasteiger partial charge in [-0.15, -0.1) is 0 Å². The summed E-state index contributed by atoms with van der Waals surface area (Å²) in [5, 5.41) is 3.28. The Kier molecular flexibility index (Phi) is 4.60. The number of nitrogens with two attached hydrogens (primary N) is 1. The summed E-state index contributed by atoms with van der Waals surface area (Å²) in [6.07, 6.45) is 0.919. The van der Waals surface area contributed by atoms with Gasteiger partial charge >= 0.3 is 6.09 Å². The van der Waals surface area contributed by atoms with Crippen molar-refractivity contribution in [2.45, 2.75) is 12.8 Å². The molecule has 1 aliphatic rings. The third-order valence-corrected chi connectivity index (χ3v) is 4.82. The van der Waals surface area contributed by atoms with E-state index < -0.39 is 6.09 Å². The maximum Gasteiger partial charge on any atom is 0.409 e. The maximum absolute atomic E-state index is 12.6. The molecule has 1 aliphatic heterocycles. The van der Waals surface area contributed by atoms with E-state index in [0.29, 0.717) is 11.6 Å². The quantitative estimate of drug-likeness (QED) is 0.617. The minimum absolute atomic E-state index is 0.104. The molecule has 0 aliphatic carbocycles. The zero-order chi connectivity index (χ0) is 18.8. The van der Waals surface area contributed by atoms with Crippen LogP contribution in [0.5, 0.6) is 5.75 Å². The van der Waals surface area contributed by atoms with Crippen molar-refractivity contribution in [2.24, 2.45) is 11.7 Å². The number of ether oxygens (including phenoxy) is 1. The van der Waals surface area contributed by atoms with Crippen LogP contribution in [0.4, 0.5) is 4.79 Å². The second kappa shape index (κ2) is 7.20. The second-order valence-electron chi connectivity index (χ2n) is 6.65. The highest BCUT2D eigenvalue weighted by Crippen LogP contribution is 2.25. The predicted octanol–water partition coefficient (Wildman–Crippen LogP) is 2.87. The van der Waals surface area contributed by atoms with Crippen LogP contribution in [0.3, 0.4) is 0 Å². The highest BCUT2D eigenvalue weighted by atomic mass is 16.5. The van der Waals surface area contributed by atoms with Gasteiger partial charge in [0.1, 0.15) is 11.6 Å². The van der Waals surface area contributed by atoms with Crippen LogP contribution in [0.2, 0.25) is 0 Å². The van der Waals surface area contributed by atoms with E-state index in [9.17, 15) is 9.59 Å². The van der Waals surface area contributed by atoms with Crippen molar-refractivity contribution in [1.82, 2.24) is 15.3 Å². The zero-order valence-electron chi connectivity index (χ0n) is 14.7. The highest BCUT2D eigenvalue weighted by molar-refractivity contribution is 5.98. The van der Waals surface area contributed by atoms with E-state index >= 15 is 0 Å². The molecule has 7 heteroatoms. The van der Waals surface area contributed by atoms with Crippen molar-refractivity contribution in [2.75, 3.05) is 13.1 Å². The van der Waals surface area contributed by atoms with Crippen molar-refractivity contribution in [3.8, 4) is 17.1 Å². The lowest BCUT2D eigenvalue weighted by Gasteiger charge is -2.21. The lowest BCUT2D eigenvalue weighted by atomic mass is 9.89. The molecule has 27 heavy (non-hydrogen) atoms. The highest BCUT2D eigenvalue weighted by Gasteiger charge is 2.22. The van der Waals surface area contributed by atoms with Gasteiger partial charge < -0.3 is 20.8 Å². The molecule has 1 amide bonds. The number of rotatable bonds is 4. The summed E-state index contributed by atoms with van der Waals surface area (Å²) >= 11 is 0. The first-order valence-electron chi connectivity index (χ1n) is 8.92. The van der Waals surface area contributed by atoms with Crippen LogP contribution in [0.1, 0.15) is 23.2 Å². The largest absolute Gasteiger partial charge is 0.410 e. The number of piperidine rings is 1. The number of carbonyl (C=O) groups excluding carboxylic acids is 2. The summed E-state index contributed by atoms with van der Waals surface area (Å²) in [6.45, 7) is 1.80. The van der Waals surface area contributed by atoms with Crippen molar-refractivity contribution < 1.29 is 14.3 Å². The SMILES string of the molecule is NC(=O)Oc1ccc2nc(-c3ccc(C(=O)C4CCNCC4)cc3)[nH]c2c1. The molecule has 1 saturated heterocycles. The Morgan fingerprint density at radius 1 is 1.07 bits per heavy atom. The fraction of sp³-hybridized carbons (Fsp3) is 0.250. The zero-order valence-corrected chi connectivity index (χ0v) is 14.7. The summed E-state index contributed by atoms with van der Waals surface area (Å²) in [5.74, 6) is 1.35. The first-order valence-corrected chi connectivity index (χ1v) is 8.92. The van der Waals surface area contributed by atoms with Gasteiger partial charge in [0.25, 0.3) is 0 Å². The van der Waals surface area contributed by atoms with Crippen molar-refractivity contribution >= 4 is 22.9 Å². The van der Waals surface area contributed by atoms with Crippen LogP contribution >= 0.6 is 0 Å². The molecule has 0 radical (unpaired) electrons. The number of H-pyrrole nitrogens is 1. The standard InChI is InChI=1S/C20H20N4O3/c21-20(26)27-15-5-6-16-17(11-15)24-19(23-16)14-3-1-12(2-4-14)18(25)13-7-9-22-10-8-13/h1-6,11,13,22H,7-10H2,(H2,21,26)(H,23,24). The number of benzene rings is 2. The molecular formula is C20H20N4O3. The number of aromatic nitrogens is 2. The van der Waals surface area contributed by atoms with Gasteiger partial charge in [-0.2, -0.15) is 0 Å². The molecule has 4 N–H and O–H groups in total. The number of ketones is 1. The molecule has 2 heterocycles. The van der Waals surface area contributed by atoms with Crippen LogP contribution in [-0.4, -0.2) is 34.9 Å². The molecule has 0 atom stereocenters.